The SMILES string of the molecule is Cc1nc(N)sc1C(=O)NCCOCC(C)C. The number of nitrogens with zero attached hydrogens (tertiary/aromatic N) is 1. The average molecular weight is 257 g/mol. The first-order valence-corrected chi connectivity index (χ1v) is 6.41. The van der Waals surface area contributed by atoms with Crippen molar-refractivity contribution in [2.24, 2.45) is 5.92 Å². The fourth-order valence-electron chi connectivity index (χ4n) is 1.26. The summed E-state index contributed by atoms with van der Waals surface area (Å²) in [6.45, 7) is 7.68. The molecule has 1 aromatic heterocycles. The summed E-state index contributed by atoms with van der Waals surface area (Å²) in [5.74, 6) is 0.374. The lowest BCUT2D eigenvalue weighted by atomic mass is 10.2. The Bertz CT molecular complexity index is 377. The Balaban J connectivity index is 2.28. The topological polar surface area (TPSA) is 77.2 Å². The number of rotatable bonds is 6. The largest absolute Gasteiger partial charge is 0.379 e. The van der Waals surface area contributed by atoms with Gasteiger partial charge in [0.2, 0.25) is 0 Å². The van der Waals surface area contributed by atoms with Crippen LogP contribution in [0, 0.1) is 12.8 Å². The smallest absolute Gasteiger partial charge is 0.263 e. The van der Waals surface area contributed by atoms with Crippen LogP contribution < -0.4 is 11.1 Å². The molecule has 0 aliphatic rings. The Morgan fingerprint density at radius 1 is 1.59 bits per heavy atom. The second-order valence-electron chi connectivity index (χ2n) is 4.19. The van der Waals surface area contributed by atoms with Crippen molar-refractivity contribution in [2.45, 2.75) is 20.8 Å². The number of nitrogen functional groups attached to an aromatic ring is 1. The van der Waals surface area contributed by atoms with Crippen LogP contribution in [0.15, 0.2) is 0 Å². The van der Waals surface area contributed by atoms with Crippen LogP contribution in [0.1, 0.15) is 29.2 Å². The molecule has 6 heteroatoms. The molecule has 0 bridgehead atoms. The van der Waals surface area contributed by atoms with Gasteiger partial charge in [-0.15, -0.1) is 0 Å². The number of carbonyl (C=O) groups is 1. The van der Waals surface area contributed by atoms with Gasteiger partial charge in [-0.3, -0.25) is 4.79 Å². The molecule has 0 saturated carbocycles. The summed E-state index contributed by atoms with van der Waals surface area (Å²) in [4.78, 5) is 16.3. The summed E-state index contributed by atoms with van der Waals surface area (Å²) in [7, 11) is 0. The highest BCUT2D eigenvalue weighted by Crippen LogP contribution is 2.18. The van der Waals surface area contributed by atoms with E-state index < -0.39 is 0 Å². The molecular formula is C11H19N3O2S. The van der Waals surface area contributed by atoms with Gasteiger partial charge in [0.05, 0.1) is 12.3 Å². The second-order valence-corrected chi connectivity index (χ2v) is 5.22. The number of nitrogens with one attached hydrogen (secondary N) is 1. The maximum Gasteiger partial charge on any atom is 0.263 e. The van der Waals surface area contributed by atoms with Gasteiger partial charge in [0.25, 0.3) is 5.91 Å². The molecule has 1 amide bonds. The Hall–Kier alpha value is -1.14. The lowest BCUT2D eigenvalue weighted by molar-refractivity contribution is 0.0889. The van der Waals surface area contributed by atoms with Gasteiger partial charge < -0.3 is 15.8 Å². The van der Waals surface area contributed by atoms with Crippen molar-refractivity contribution in [1.29, 1.82) is 0 Å². The number of thiazole rings is 1. The lowest BCUT2D eigenvalue weighted by Crippen LogP contribution is -2.27. The first-order valence-electron chi connectivity index (χ1n) is 5.59. The van der Waals surface area contributed by atoms with E-state index in [2.05, 4.69) is 24.1 Å². The molecule has 0 aliphatic heterocycles. The predicted molar refractivity (Wildman–Crippen MR) is 69.3 cm³/mol. The molecular weight excluding hydrogens is 238 g/mol. The van der Waals surface area contributed by atoms with Gasteiger partial charge in [0.15, 0.2) is 5.13 Å². The van der Waals surface area contributed by atoms with E-state index >= 15 is 0 Å². The number of carbonyl (C=O) groups excluding carboxylic acids is 1. The van der Waals surface area contributed by atoms with Crippen LogP contribution in [0.3, 0.4) is 0 Å². The van der Waals surface area contributed by atoms with Crippen molar-refractivity contribution < 1.29 is 9.53 Å². The van der Waals surface area contributed by atoms with Gasteiger partial charge in [-0.1, -0.05) is 25.2 Å². The van der Waals surface area contributed by atoms with Crippen LogP contribution in [-0.4, -0.2) is 30.6 Å². The third kappa shape index (κ3) is 4.70. The minimum absolute atomic E-state index is 0.134. The molecule has 96 valence electrons. The minimum atomic E-state index is -0.134. The minimum Gasteiger partial charge on any atom is -0.379 e. The summed E-state index contributed by atoms with van der Waals surface area (Å²) in [6, 6.07) is 0. The van der Waals surface area contributed by atoms with Crippen LogP contribution in [-0.2, 0) is 4.74 Å². The standard InChI is InChI=1S/C11H19N3O2S/c1-7(2)6-16-5-4-13-10(15)9-8(3)14-11(12)17-9/h7H,4-6H2,1-3H3,(H2,12,14)(H,13,15). The van der Waals surface area contributed by atoms with Crippen molar-refractivity contribution in [3.63, 3.8) is 0 Å². The molecule has 0 spiro atoms. The van der Waals surface area contributed by atoms with Crippen molar-refractivity contribution >= 4 is 22.4 Å². The predicted octanol–water partition coefficient (Wildman–Crippen LogP) is 1.44. The Morgan fingerprint density at radius 2 is 2.29 bits per heavy atom. The summed E-state index contributed by atoms with van der Waals surface area (Å²) in [5, 5.41) is 3.20. The maximum absolute atomic E-state index is 11.7. The van der Waals surface area contributed by atoms with E-state index in [0.717, 1.165) is 0 Å². The fraction of sp³-hybridized carbons (Fsp3) is 0.636. The van der Waals surface area contributed by atoms with E-state index in [4.69, 9.17) is 10.5 Å². The van der Waals surface area contributed by atoms with Gasteiger partial charge >= 0.3 is 0 Å². The van der Waals surface area contributed by atoms with Crippen LogP contribution in [0.2, 0.25) is 0 Å². The Kier molecular flexibility index (Phi) is 5.37. The zero-order valence-corrected chi connectivity index (χ0v) is 11.3. The summed E-state index contributed by atoms with van der Waals surface area (Å²) >= 11 is 1.20. The first kappa shape index (κ1) is 13.9. The maximum atomic E-state index is 11.7. The molecule has 0 aliphatic carbocycles. The van der Waals surface area contributed by atoms with Crippen molar-refractivity contribution in [1.82, 2.24) is 10.3 Å². The third-order valence-electron chi connectivity index (χ3n) is 2.00. The highest BCUT2D eigenvalue weighted by Gasteiger charge is 2.13. The molecule has 17 heavy (non-hydrogen) atoms. The molecule has 0 saturated heterocycles. The first-order chi connectivity index (χ1) is 8.00. The van der Waals surface area contributed by atoms with E-state index in [9.17, 15) is 4.79 Å². The van der Waals surface area contributed by atoms with Gasteiger partial charge in [-0.2, -0.15) is 0 Å². The second kappa shape index (κ2) is 6.56. The van der Waals surface area contributed by atoms with Gasteiger partial charge in [-0.25, -0.2) is 4.98 Å². The van der Waals surface area contributed by atoms with E-state index in [1.54, 1.807) is 6.92 Å². The monoisotopic (exact) mass is 257 g/mol. The summed E-state index contributed by atoms with van der Waals surface area (Å²) < 4.78 is 5.37. The molecule has 0 radical (unpaired) electrons. The van der Waals surface area contributed by atoms with Gasteiger partial charge in [-0.05, 0) is 12.8 Å². The third-order valence-corrected chi connectivity index (χ3v) is 2.99. The van der Waals surface area contributed by atoms with Crippen molar-refractivity contribution in [2.75, 3.05) is 25.5 Å². The summed E-state index contributed by atoms with van der Waals surface area (Å²) in [5.41, 5.74) is 6.20. The van der Waals surface area contributed by atoms with Crippen LogP contribution in [0.4, 0.5) is 5.13 Å². The number of ether oxygens (including phenoxy) is 1. The number of nitrogens with two attached hydrogens (primary N) is 1. The molecule has 3 N–H and O–H groups in total. The Labute approximate surface area is 105 Å². The molecule has 1 heterocycles. The number of aromatic nitrogens is 1. The highest BCUT2D eigenvalue weighted by molar-refractivity contribution is 7.17. The quantitative estimate of drug-likeness (QED) is 0.756. The number of amides is 1. The van der Waals surface area contributed by atoms with Crippen molar-refractivity contribution in [3.05, 3.63) is 10.6 Å². The average Bonchev–Trinajstić information content (AvgIpc) is 2.56. The summed E-state index contributed by atoms with van der Waals surface area (Å²) in [6.07, 6.45) is 0. The number of anilines is 1. The molecule has 5 nitrogen and oxygen atoms in total. The molecule has 0 unspecified atom stereocenters. The fourth-order valence-corrected chi connectivity index (χ4v) is 2.01. The van der Waals surface area contributed by atoms with E-state index in [1.165, 1.54) is 11.3 Å². The lowest BCUT2D eigenvalue weighted by Gasteiger charge is -2.07. The molecule has 0 fully saturated rings. The highest BCUT2D eigenvalue weighted by atomic mass is 32.1. The van der Waals surface area contributed by atoms with Crippen molar-refractivity contribution in [3.8, 4) is 0 Å². The van der Waals surface area contributed by atoms with Crippen LogP contribution in [0.25, 0.3) is 0 Å². The number of hydrogen-bond donors (Lipinski definition) is 2. The van der Waals surface area contributed by atoms with Gasteiger partial charge in [0.1, 0.15) is 4.88 Å². The molecule has 1 aromatic rings. The Morgan fingerprint density at radius 3 is 2.82 bits per heavy atom. The normalized spacial score (nSPS) is 10.8. The molecule has 0 aromatic carbocycles. The van der Waals surface area contributed by atoms with E-state index in [1.807, 2.05) is 0 Å². The zero-order chi connectivity index (χ0) is 12.8. The molecule has 1 rings (SSSR count). The van der Waals surface area contributed by atoms with E-state index in [0.29, 0.717) is 41.4 Å². The van der Waals surface area contributed by atoms with E-state index in [-0.39, 0.29) is 5.91 Å². The van der Waals surface area contributed by atoms with Crippen LogP contribution >= 0.6 is 11.3 Å². The van der Waals surface area contributed by atoms with Gasteiger partial charge in [0, 0.05) is 13.2 Å². The number of aryl methyl sites for hydroxylation is 1. The molecule has 0 atom stereocenters. The zero-order valence-electron chi connectivity index (χ0n) is 10.4. The number of hydrogen-bond acceptors (Lipinski definition) is 5. The van der Waals surface area contributed by atoms with Crippen LogP contribution in [0.5, 0.6) is 0 Å².